The Kier molecular flexibility index (Phi) is 2.98. The molecule has 0 aromatic carbocycles. The maximum Gasteiger partial charge on any atom is 0.164 e. The molecule has 1 aliphatic heterocycles. The van der Waals surface area contributed by atoms with Crippen molar-refractivity contribution in [3.05, 3.63) is 11.7 Å². The average molecular weight is 258 g/mol. The molecule has 18 heavy (non-hydrogen) atoms. The van der Waals surface area contributed by atoms with E-state index in [2.05, 4.69) is 0 Å². The molecule has 1 saturated heterocycles. The smallest absolute Gasteiger partial charge is 0.164 e. The largest absolute Gasteiger partial charge is 0.353 e. The lowest BCUT2D eigenvalue weighted by molar-refractivity contribution is -0.236. The Bertz CT molecular complexity index is 364. The van der Waals surface area contributed by atoms with Crippen molar-refractivity contribution in [2.45, 2.75) is 63.8 Å². The zero-order valence-electron chi connectivity index (χ0n) is 10.8. The molecule has 1 saturated carbocycles. The van der Waals surface area contributed by atoms with E-state index in [9.17, 15) is 8.78 Å². The van der Waals surface area contributed by atoms with Gasteiger partial charge in [0, 0.05) is 12.0 Å². The van der Waals surface area contributed by atoms with Crippen LogP contribution in [0.3, 0.4) is 0 Å². The van der Waals surface area contributed by atoms with E-state index in [1.165, 1.54) is 0 Å². The highest BCUT2D eigenvalue weighted by Gasteiger charge is 2.55. The van der Waals surface area contributed by atoms with Crippen LogP contribution in [0.5, 0.6) is 0 Å². The first-order chi connectivity index (χ1) is 8.56. The summed E-state index contributed by atoms with van der Waals surface area (Å²) in [6.45, 7) is 2.47. The van der Waals surface area contributed by atoms with Crippen LogP contribution in [0.4, 0.5) is 8.78 Å². The zero-order valence-corrected chi connectivity index (χ0v) is 10.8. The van der Waals surface area contributed by atoms with Crippen molar-refractivity contribution in [1.29, 1.82) is 0 Å². The van der Waals surface area contributed by atoms with Gasteiger partial charge >= 0.3 is 0 Å². The molecule has 0 aromatic rings. The molecule has 4 aliphatic rings. The fourth-order valence-corrected chi connectivity index (χ4v) is 3.33. The van der Waals surface area contributed by atoms with Crippen molar-refractivity contribution in [3.63, 3.8) is 0 Å². The van der Waals surface area contributed by atoms with Gasteiger partial charge in [0.1, 0.15) is 11.4 Å². The summed E-state index contributed by atoms with van der Waals surface area (Å²) < 4.78 is 39.6. The van der Waals surface area contributed by atoms with E-state index in [0.717, 1.165) is 19.3 Å². The second kappa shape index (κ2) is 4.27. The second-order valence-corrected chi connectivity index (χ2v) is 6.10. The van der Waals surface area contributed by atoms with Gasteiger partial charge in [-0.2, -0.15) is 0 Å². The van der Waals surface area contributed by atoms with Crippen molar-refractivity contribution in [2.24, 2.45) is 5.41 Å². The summed E-state index contributed by atoms with van der Waals surface area (Å²) in [6, 6.07) is 0. The molecular formula is C14H20F2O2. The molecule has 2 nitrogen and oxygen atoms in total. The van der Waals surface area contributed by atoms with Crippen LogP contribution in [0.15, 0.2) is 11.7 Å². The molecule has 0 spiro atoms. The molecule has 0 amide bonds. The van der Waals surface area contributed by atoms with Crippen LogP contribution in [0.1, 0.15) is 51.9 Å². The summed E-state index contributed by atoms with van der Waals surface area (Å²) >= 11 is 0. The fraction of sp³-hybridized carbons (Fsp3) is 0.857. The van der Waals surface area contributed by atoms with Gasteiger partial charge in [-0.15, -0.1) is 0 Å². The summed E-state index contributed by atoms with van der Waals surface area (Å²) in [5.74, 6) is -1.26. The predicted molar refractivity (Wildman–Crippen MR) is 63.2 cm³/mol. The quantitative estimate of drug-likeness (QED) is 0.745. The van der Waals surface area contributed by atoms with E-state index in [1.54, 1.807) is 0 Å². The van der Waals surface area contributed by atoms with Gasteiger partial charge in [0.15, 0.2) is 12.1 Å². The Hall–Kier alpha value is -0.480. The Morgan fingerprint density at radius 2 is 1.83 bits per heavy atom. The van der Waals surface area contributed by atoms with Gasteiger partial charge in [-0.1, -0.05) is 6.92 Å². The molecule has 1 unspecified atom stereocenters. The van der Waals surface area contributed by atoms with Crippen LogP contribution in [0, 0.1) is 5.41 Å². The summed E-state index contributed by atoms with van der Waals surface area (Å²) in [6.07, 6.45) is 4.96. The minimum absolute atomic E-state index is 0.361. The topological polar surface area (TPSA) is 18.5 Å². The average Bonchev–Trinajstić information content (AvgIpc) is 2.40. The first-order valence-corrected chi connectivity index (χ1v) is 6.91. The van der Waals surface area contributed by atoms with Crippen LogP contribution in [-0.2, 0) is 9.47 Å². The molecule has 2 fully saturated rings. The number of fused-ring (bicyclic) bond motifs is 2. The van der Waals surface area contributed by atoms with Gasteiger partial charge in [0.2, 0.25) is 0 Å². The van der Waals surface area contributed by atoms with Crippen molar-refractivity contribution in [1.82, 2.24) is 0 Å². The van der Waals surface area contributed by atoms with E-state index in [1.807, 2.05) is 6.92 Å². The van der Waals surface area contributed by atoms with Gasteiger partial charge in [0.05, 0.1) is 0 Å². The Labute approximate surface area is 106 Å². The number of hydrogen-bond donors (Lipinski definition) is 0. The van der Waals surface area contributed by atoms with E-state index in [4.69, 9.17) is 9.47 Å². The number of ether oxygens (including phenoxy) is 2. The third-order valence-corrected chi connectivity index (χ3v) is 4.78. The molecule has 2 bridgehead atoms. The number of halogens is 2. The van der Waals surface area contributed by atoms with Crippen LogP contribution >= 0.6 is 0 Å². The Balaban J connectivity index is 1.82. The summed E-state index contributed by atoms with van der Waals surface area (Å²) in [7, 11) is 0. The Morgan fingerprint density at radius 1 is 1.11 bits per heavy atom. The number of rotatable bonds is 2. The summed E-state index contributed by atoms with van der Waals surface area (Å²) in [5.41, 5.74) is -1.63. The third-order valence-electron chi connectivity index (χ3n) is 4.78. The van der Waals surface area contributed by atoms with Crippen LogP contribution in [0.25, 0.3) is 0 Å². The SMILES string of the molecule is CC12CCC(OC3CCCCO3)(CC1)C(F)=C2F. The van der Waals surface area contributed by atoms with Gasteiger partial charge in [0.25, 0.3) is 0 Å². The molecule has 0 N–H and O–H groups in total. The van der Waals surface area contributed by atoms with E-state index >= 15 is 0 Å². The van der Waals surface area contributed by atoms with E-state index < -0.39 is 22.7 Å². The molecule has 1 heterocycles. The molecule has 1 atom stereocenters. The lowest BCUT2D eigenvalue weighted by Gasteiger charge is -2.50. The lowest BCUT2D eigenvalue weighted by atomic mass is 9.63. The maximum atomic E-state index is 14.3. The van der Waals surface area contributed by atoms with E-state index in [-0.39, 0.29) is 6.29 Å². The van der Waals surface area contributed by atoms with Gasteiger partial charge in [-0.05, 0) is 44.9 Å². The first kappa shape index (κ1) is 12.5. The summed E-state index contributed by atoms with van der Waals surface area (Å²) in [4.78, 5) is 0. The van der Waals surface area contributed by atoms with Crippen LogP contribution < -0.4 is 0 Å². The van der Waals surface area contributed by atoms with Crippen LogP contribution in [-0.4, -0.2) is 18.5 Å². The second-order valence-electron chi connectivity index (χ2n) is 6.10. The highest BCUT2D eigenvalue weighted by atomic mass is 19.2. The van der Waals surface area contributed by atoms with Crippen LogP contribution in [0.2, 0.25) is 0 Å². The maximum absolute atomic E-state index is 14.3. The minimum Gasteiger partial charge on any atom is -0.353 e. The van der Waals surface area contributed by atoms with Crippen molar-refractivity contribution in [3.8, 4) is 0 Å². The minimum atomic E-state index is -1.04. The fourth-order valence-electron chi connectivity index (χ4n) is 3.33. The monoisotopic (exact) mass is 258 g/mol. The standard InChI is InChI=1S/C14H20F2O2/c1-13-5-7-14(8-6-13,12(16)11(13)15)18-10-4-2-3-9-17-10/h10H,2-9H2,1H3. The number of hydrogen-bond acceptors (Lipinski definition) is 2. The molecule has 0 aromatic heterocycles. The van der Waals surface area contributed by atoms with Gasteiger partial charge in [-0.25, -0.2) is 8.78 Å². The Morgan fingerprint density at radius 3 is 2.44 bits per heavy atom. The highest BCUT2D eigenvalue weighted by molar-refractivity contribution is 5.28. The highest BCUT2D eigenvalue weighted by Crippen LogP contribution is 2.57. The number of allylic oxidation sites excluding steroid dienone is 1. The molecule has 3 aliphatic carbocycles. The van der Waals surface area contributed by atoms with Gasteiger partial charge in [-0.3, -0.25) is 0 Å². The molecular weight excluding hydrogens is 238 g/mol. The first-order valence-electron chi connectivity index (χ1n) is 6.91. The van der Waals surface area contributed by atoms with Crippen molar-refractivity contribution < 1.29 is 18.3 Å². The molecule has 0 radical (unpaired) electrons. The lowest BCUT2D eigenvalue weighted by Crippen LogP contribution is -2.49. The van der Waals surface area contributed by atoms with Gasteiger partial charge < -0.3 is 9.47 Å². The molecule has 102 valence electrons. The molecule has 4 rings (SSSR count). The summed E-state index contributed by atoms with van der Waals surface area (Å²) in [5, 5.41) is 0. The van der Waals surface area contributed by atoms with Crippen molar-refractivity contribution in [2.75, 3.05) is 6.61 Å². The predicted octanol–water partition coefficient (Wildman–Crippen LogP) is 4.01. The molecule has 4 heteroatoms. The normalized spacial score (nSPS) is 44.5. The third kappa shape index (κ3) is 1.81. The zero-order chi connectivity index (χ0) is 12.8. The van der Waals surface area contributed by atoms with Crippen molar-refractivity contribution >= 4 is 0 Å². The van der Waals surface area contributed by atoms with E-state index in [0.29, 0.717) is 32.3 Å².